The largest absolute Gasteiger partial charge is 0.378 e. The molecule has 0 bridgehead atoms. The van der Waals surface area contributed by atoms with Gasteiger partial charge in [0, 0.05) is 42.5 Å². The van der Waals surface area contributed by atoms with Crippen molar-refractivity contribution in [3.05, 3.63) is 58.9 Å². The Morgan fingerprint density at radius 2 is 2.04 bits per heavy atom. The van der Waals surface area contributed by atoms with Crippen LogP contribution < -0.4 is 15.2 Å². The van der Waals surface area contributed by atoms with Gasteiger partial charge in [-0.05, 0) is 11.6 Å². The number of aromatic nitrogens is 1. The van der Waals surface area contributed by atoms with Crippen LogP contribution in [0.15, 0.2) is 42.6 Å². The summed E-state index contributed by atoms with van der Waals surface area (Å²) in [7, 11) is 0. The molecule has 2 heterocycles. The molecule has 5 nitrogen and oxygen atoms in total. The highest BCUT2D eigenvalue weighted by atomic mass is 35.5. The van der Waals surface area contributed by atoms with Gasteiger partial charge in [0.1, 0.15) is 0 Å². The maximum absolute atomic E-state index is 12.3. The molecular weight excluding hydrogens is 314 g/mol. The number of rotatable bonds is 4. The molecular formula is C17H19ClN3O2+. The van der Waals surface area contributed by atoms with Crippen LogP contribution in [0, 0.1) is 0 Å². The Hall–Kier alpha value is -2.11. The number of hydrogen-bond donors (Lipinski definition) is 1. The van der Waals surface area contributed by atoms with E-state index in [1.54, 1.807) is 6.20 Å². The number of hydrogen-bond acceptors (Lipinski definition) is 3. The van der Waals surface area contributed by atoms with Crippen molar-refractivity contribution in [2.24, 2.45) is 0 Å². The van der Waals surface area contributed by atoms with Crippen molar-refractivity contribution in [1.82, 2.24) is 5.32 Å². The number of anilines is 1. The molecule has 1 amide bonds. The first kappa shape index (κ1) is 15.8. The van der Waals surface area contributed by atoms with Crippen molar-refractivity contribution in [3.8, 4) is 0 Å². The van der Waals surface area contributed by atoms with Gasteiger partial charge in [0.15, 0.2) is 6.20 Å². The minimum Gasteiger partial charge on any atom is -0.378 e. The van der Waals surface area contributed by atoms with Gasteiger partial charge in [0.05, 0.1) is 13.2 Å². The van der Waals surface area contributed by atoms with E-state index in [4.69, 9.17) is 16.3 Å². The molecule has 1 aliphatic rings. The molecule has 0 spiro atoms. The highest BCUT2D eigenvalue weighted by Crippen LogP contribution is 2.16. The number of carbonyl (C=O) groups excluding carboxylic acids is 1. The molecule has 120 valence electrons. The number of ether oxygens (including phenoxy) is 1. The van der Waals surface area contributed by atoms with Crippen LogP contribution in [0.4, 0.5) is 5.69 Å². The molecule has 0 aliphatic carbocycles. The lowest BCUT2D eigenvalue weighted by molar-refractivity contribution is -0.382. The van der Waals surface area contributed by atoms with Crippen LogP contribution >= 0.6 is 11.6 Å². The SMILES string of the molecule is O=C(NCc1ccccc1Cl)c1cc(N2CCOCC2)cc[nH+]1. The number of carbonyl (C=O) groups is 1. The summed E-state index contributed by atoms with van der Waals surface area (Å²) in [6.07, 6.45) is 1.79. The van der Waals surface area contributed by atoms with Gasteiger partial charge < -0.3 is 15.0 Å². The predicted molar refractivity (Wildman–Crippen MR) is 88.7 cm³/mol. The molecule has 1 aliphatic heterocycles. The van der Waals surface area contributed by atoms with Crippen LogP contribution in [0.25, 0.3) is 0 Å². The molecule has 1 fully saturated rings. The molecule has 0 atom stereocenters. The number of nitrogens with one attached hydrogen (secondary N) is 2. The van der Waals surface area contributed by atoms with Crippen LogP contribution in [0.1, 0.15) is 16.1 Å². The average Bonchev–Trinajstić information content (AvgIpc) is 2.62. The maximum Gasteiger partial charge on any atom is 0.316 e. The third kappa shape index (κ3) is 4.00. The van der Waals surface area contributed by atoms with Crippen molar-refractivity contribution < 1.29 is 14.5 Å². The normalized spacial score (nSPS) is 14.6. The number of amides is 1. The first-order chi connectivity index (χ1) is 11.2. The number of morpholine rings is 1. The lowest BCUT2D eigenvalue weighted by Crippen LogP contribution is -2.37. The standard InChI is InChI=1S/C17H18ClN3O2/c18-15-4-2-1-3-13(15)12-20-17(22)16-11-14(5-6-19-16)21-7-9-23-10-8-21/h1-6,11H,7-10,12H2,(H,20,22)/p+1. The second kappa shape index (κ2) is 7.44. The summed E-state index contributed by atoms with van der Waals surface area (Å²) >= 11 is 6.10. The van der Waals surface area contributed by atoms with Crippen molar-refractivity contribution in [2.45, 2.75) is 6.54 Å². The van der Waals surface area contributed by atoms with Crippen molar-refractivity contribution in [2.75, 3.05) is 31.2 Å². The van der Waals surface area contributed by atoms with Crippen LogP contribution in [0.2, 0.25) is 5.02 Å². The Labute approximate surface area is 140 Å². The maximum atomic E-state index is 12.3. The first-order valence-corrected chi connectivity index (χ1v) is 7.98. The van der Waals surface area contributed by atoms with Crippen molar-refractivity contribution >= 4 is 23.2 Å². The Balaban J connectivity index is 1.66. The summed E-state index contributed by atoms with van der Waals surface area (Å²) in [5, 5.41) is 3.54. The fourth-order valence-corrected chi connectivity index (χ4v) is 2.72. The second-order valence-electron chi connectivity index (χ2n) is 5.33. The van der Waals surface area contributed by atoms with Crippen molar-refractivity contribution in [1.29, 1.82) is 0 Å². The van der Waals surface area contributed by atoms with E-state index in [9.17, 15) is 4.79 Å². The molecule has 0 unspecified atom stereocenters. The van der Waals surface area contributed by atoms with Crippen LogP contribution in [-0.2, 0) is 11.3 Å². The molecule has 6 heteroatoms. The highest BCUT2D eigenvalue weighted by molar-refractivity contribution is 6.31. The molecule has 23 heavy (non-hydrogen) atoms. The monoisotopic (exact) mass is 332 g/mol. The zero-order valence-electron chi connectivity index (χ0n) is 12.7. The van der Waals surface area contributed by atoms with Crippen LogP contribution in [0.3, 0.4) is 0 Å². The van der Waals surface area contributed by atoms with E-state index in [1.807, 2.05) is 36.4 Å². The number of nitrogens with zero attached hydrogens (tertiary/aromatic N) is 1. The number of H-pyrrole nitrogens is 1. The van der Waals surface area contributed by atoms with Gasteiger partial charge in [-0.1, -0.05) is 29.8 Å². The Bertz CT molecular complexity index is 687. The minimum atomic E-state index is -0.153. The van der Waals surface area contributed by atoms with Crippen molar-refractivity contribution in [3.63, 3.8) is 0 Å². The zero-order valence-corrected chi connectivity index (χ0v) is 13.5. The highest BCUT2D eigenvalue weighted by Gasteiger charge is 2.18. The van der Waals surface area contributed by atoms with Gasteiger partial charge in [-0.3, -0.25) is 4.79 Å². The van der Waals surface area contributed by atoms with E-state index in [-0.39, 0.29) is 5.91 Å². The summed E-state index contributed by atoms with van der Waals surface area (Å²) in [4.78, 5) is 17.5. The fourth-order valence-electron chi connectivity index (χ4n) is 2.52. The van der Waals surface area contributed by atoms with Gasteiger partial charge in [-0.15, -0.1) is 0 Å². The molecule has 1 aromatic heterocycles. The summed E-state index contributed by atoms with van der Waals surface area (Å²) in [5.41, 5.74) is 2.45. The molecule has 2 N–H and O–H groups in total. The lowest BCUT2D eigenvalue weighted by Gasteiger charge is -2.28. The number of pyridine rings is 1. The third-order valence-electron chi connectivity index (χ3n) is 3.80. The number of halogens is 1. The Kier molecular flexibility index (Phi) is 5.10. The van der Waals surface area contributed by atoms with E-state index in [0.29, 0.717) is 30.5 Å². The zero-order chi connectivity index (χ0) is 16.1. The van der Waals surface area contributed by atoms with E-state index in [0.717, 1.165) is 24.3 Å². The predicted octanol–water partition coefficient (Wildman–Crippen LogP) is 1.92. The summed E-state index contributed by atoms with van der Waals surface area (Å²) < 4.78 is 5.36. The third-order valence-corrected chi connectivity index (χ3v) is 4.17. The molecule has 0 saturated carbocycles. The van der Waals surface area contributed by atoms with Crippen LogP contribution in [-0.4, -0.2) is 32.2 Å². The van der Waals surface area contributed by atoms with E-state index >= 15 is 0 Å². The number of aromatic amines is 1. The molecule has 2 aromatic rings. The van der Waals surface area contributed by atoms with Gasteiger partial charge in [0.2, 0.25) is 0 Å². The van der Waals surface area contributed by atoms with Gasteiger partial charge in [-0.25, -0.2) is 4.98 Å². The lowest BCUT2D eigenvalue weighted by atomic mass is 10.2. The molecule has 1 aromatic carbocycles. The second-order valence-corrected chi connectivity index (χ2v) is 5.74. The fraction of sp³-hybridized carbons (Fsp3) is 0.294. The molecule has 0 radical (unpaired) electrons. The number of benzene rings is 1. The summed E-state index contributed by atoms with van der Waals surface area (Å²) in [6.45, 7) is 3.50. The van der Waals surface area contributed by atoms with Gasteiger partial charge in [-0.2, -0.15) is 0 Å². The van der Waals surface area contributed by atoms with E-state index < -0.39 is 0 Å². The topological polar surface area (TPSA) is 55.7 Å². The Morgan fingerprint density at radius 1 is 1.26 bits per heavy atom. The molecule has 1 saturated heterocycles. The van der Waals surface area contributed by atoms with E-state index in [2.05, 4.69) is 15.2 Å². The molecule has 3 rings (SSSR count). The Morgan fingerprint density at radius 3 is 2.83 bits per heavy atom. The summed E-state index contributed by atoms with van der Waals surface area (Å²) in [5.74, 6) is -0.153. The summed E-state index contributed by atoms with van der Waals surface area (Å²) in [6, 6.07) is 11.3. The smallest absolute Gasteiger partial charge is 0.316 e. The average molecular weight is 333 g/mol. The van der Waals surface area contributed by atoms with E-state index in [1.165, 1.54) is 0 Å². The van der Waals surface area contributed by atoms with Crippen LogP contribution in [0.5, 0.6) is 0 Å². The minimum absolute atomic E-state index is 0.153. The van der Waals surface area contributed by atoms with Gasteiger partial charge >= 0.3 is 5.91 Å². The quantitative estimate of drug-likeness (QED) is 0.930. The van der Waals surface area contributed by atoms with Gasteiger partial charge in [0.25, 0.3) is 5.69 Å². The first-order valence-electron chi connectivity index (χ1n) is 7.60.